The van der Waals surface area contributed by atoms with Crippen LogP contribution in [-0.2, 0) is 11.3 Å². The summed E-state index contributed by atoms with van der Waals surface area (Å²) in [7, 11) is 0. The van der Waals surface area contributed by atoms with Crippen LogP contribution in [0.25, 0.3) is 11.5 Å². The van der Waals surface area contributed by atoms with Gasteiger partial charge in [0.1, 0.15) is 0 Å². The smallest absolute Gasteiger partial charge is 0.248 e. The predicted octanol–water partition coefficient (Wildman–Crippen LogP) is 2.63. The molecule has 3 heterocycles. The van der Waals surface area contributed by atoms with Gasteiger partial charge in [-0.2, -0.15) is 0 Å². The molecule has 0 saturated carbocycles. The van der Waals surface area contributed by atoms with Crippen molar-refractivity contribution in [1.82, 2.24) is 24.9 Å². The Morgan fingerprint density at radius 1 is 0.964 bits per heavy atom. The first-order valence-electron chi connectivity index (χ1n) is 9.99. The van der Waals surface area contributed by atoms with Gasteiger partial charge >= 0.3 is 0 Å². The molecule has 2 aliphatic heterocycles. The highest BCUT2D eigenvalue weighted by Gasteiger charge is 2.23. The number of likely N-dealkylation sites (tertiary alicyclic amines) is 1. The summed E-state index contributed by atoms with van der Waals surface area (Å²) in [6.45, 7) is 6.77. The largest absolute Gasteiger partial charge is 0.419 e. The zero-order valence-electron chi connectivity index (χ0n) is 16.0. The monoisotopic (exact) mass is 447 g/mol. The van der Waals surface area contributed by atoms with Crippen LogP contribution >= 0.6 is 15.9 Å². The molecule has 0 aliphatic carbocycles. The molecule has 150 valence electrons. The number of nitrogens with zero attached hydrogens (tertiary/aromatic N) is 5. The van der Waals surface area contributed by atoms with Crippen LogP contribution in [0.2, 0.25) is 0 Å². The quantitative estimate of drug-likeness (QED) is 0.701. The van der Waals surface area contributed by atoms with Crippen molar-refractivity contribution in [2.75, 3.05) is 45.8 Å². The summed E-state index contributed by atoms with van der Waals surface area (Å²) in [6.07, 6.45) is 3.33. The highest BCUT2D eigenvalue weighted by atomic mass is 79.9. The predicted molar refractivity (Wildman–Crippen MR) is 110 cm³/mol. The van der Waals surface area contributed by atoms with Crippen LogP contribution in [0.1, 0.15) is 25.2 Å². The first kappa shape index (κ1) is 19.5. The Kier molecular flexibility index (Phi) is 6.39. The van der Waals surface area contributed by atoms with Crippen molar-refractivity contribution in [3.8, 4) is 11.5 Å². The summed E-state index contributed by atoms with van der Waals surface area (Å²) in [6, 6.07) is 7.84. The van der Waals surface area contributed by atoms with Gasteiger partial charge in [-0.15, -0.1) is 10.2 Å². The molecular weight excluding hydrogens is 422 g/mol. The van der Waals surface area contributed by atoms with Gasteiger partial charge in [0.2, 0.25) is 17.7 Å². The molecule has 0 bridgehead atoms. The molecule has 2 fully saturated rings. The number of amides is 1. The van der Waals surface area contributed by atoms with E-state index in [4.69, 9.17) is 4.42 Å². The van der Waals surface area contributed by atoms with Crippen LogP contribution < -0.4 is 0 Å². The normalized spacial score (nSPS) is 19.1. The van der Waals surface area contributed by atoms with Gasteiger partial charge in [-0.3, -0.25) is 14.6 Å². The Morgan fingerprint density at radius 3 is 2.54 bits per heavy atom. The van der Waals surface area contributed by atoms with Crippen LogP contribution in [0.4, 0.5) is 0 Å². The maximum atomic E-state index is 12.4. The molecule has 2 saturated heterocycles. The Morgan fingerprint density at radius 2 is 1.71 bits per heavy atom. The van der Waals surface area contributed by atoms with Crippen LogP contribution in [-0.4, -0.2) is 76.6 Å². The SMILES string of the molecule is O=C(CN1CCCN(Cc2nnc(-c3ccccc3Br)o2)CC1)N1CCCC1. The Balaban J connectivity index is 1.30. The molecule has 0 unspecified atom stereocenters. The molecule has 2 aromatic rings. The van der Waals surface area contributed by atoms with E-state index in [0.717, 1.165) is 68.6 Å². The molecule has 0 atom stereocenters. The number of benzene rings is 1. The van der Waals surface area contributed by atoms with Crippen LogP contribution in [0.5, 0.6) is 0 Å². The average Bonchev–Trinajstić information content (AvgIpc) is 3.34. The third kappa shape index (κ3) is 4.79. The number of aromatic nitrogens is 2. The Hall–Kier alpha value is -1.77. The van der Waals surface area contributed by atoms with Gasteiger partial charge < -0.3 is 9.32 Å². The fourth-order valence-electron chi connectivity index (χ4n) is 3.85. The third-order valence-electron chi connectivity index (χ3n) is 5.43. The maximum absolute atomic E-state index is 12.4. The number of hydrogen-bond donors (Lipinski definition) is 0. The topological polar surface area (TPSA) is 65.7 Å². The van der Waals surface area contributed by atoms with E-state index in [9.17, 15) is 4.79 Å². The van der Waals surface area contributed by atoms with Crippen molar-refractivity contribution in [2.45, 2.75) is 25.8 Å². The van der Waals surface area contributed by atoms with E-state index in [0.29, 0.717) is 24.9 Å². The zero-order chi connectivity index (χ0) is 19.3. The molecule has 2 aliphatic rings. The van der Waals surface area contributed by atoms with Crippen LogP contribution in [0.3, 0.4) is 0 Å². The first-order chi connectivity index (χ1) is 13.7. The van der Waals surface area contributed by atoms with Crippen molar-refractivity contribution in [3.63, 3.8) is 0 Å². The number of carbonyl (C=O) groups is 1. The first-order valence-corrected chi connectivity index (χ1v) is 10.8. The molecule has 1 aromatic heterocycles. The molecule has 28 heavy (non-hydrogen) atoms. The van der Waals surface area contributed by atoms with Gasteiger partial charge in [0, 0.05) is 30.7 Å². The van der Waals surface area contributed by atoms with E-state index in [-0.39, 0.29) is 5.91 Å². The lowest BCUT2D eigenvalue weighted by molar-refractivity contribution is -0.131. The van der Waals surface area contributed by atoms with Crippen LogP contribution in [0.15, 0.2) is 33.2 Å². The number of carbonyl (C=O) groups excluding carboxylic acids is 1. The van der Waals surface area contributed by atoms with Crippen molar-refractivity contribution >= 4 is 21.8 Å². The molecule has 4 rings (SSSR count). The van der Waals surface area contributed by atoms with Gasteiger partial charge in [0.25, 0.3) is 0 Å². The molecule has 1 amide bonds. The Bertz CT molecular complexity index is 805. The van der Waals surface area contributed by atoms with Crippen molar-refractivity contribution < 1.29 is 9.21 Å². The second-order valence-electron chi connectivity index (χ2n) is 7.47. The summed E-state index contributed by atoms with van der Waals surface area (Å²) in [5, 5.41) is 8.43. The average molecular weight is 448 g/mol. The highest BCUT2D eigenvalue weighted by Crippen LogP contribution is 2.26. The molecule has 0 N–H and O–H groups in total. The van der Waals surface area contributed by atoms with E-state index < -0.39 is 0 Å². The van der Waals surface area contributed by atoms with E-state index in [1.807, 2.05) is 29.2 Å². The van der Waals surface area contributed by atoms with E-state index in [2.05, 4.69) is 35.9 Å². The lowest BCUT2D eigenvalue weighted by Gasteiger charge is -2.23. The number of halogens is 1. The molecule has 0 spiro atoms. The Labute approximate surface area is 173 Å². The van der Waals surface area contributed by atoms with E-state index >= 15 is 0 Å². The standard InChI is InChI=1S/C20H26BrN5O2/c21-17-7-2-1-6-16(17)20-23-22-18(28-20)14-24-8-5-9-25(13-12-24)15-19(27)26-10-3-4-11-26/h1-2,6-7H,3-5,8-15H2. The van der Waals surface area contributed by atoms with Gasteiger partial charge in [-0.25, -0.2) is 0 Å². The van der Waals surface area contributed by atoms with Crippen molar-refractivity contribution in [3.05, 3.63) is 34.6 Å². The minimum atomic E-state index is 0.279. The zero-order valence-corrected chi connectivity index (χ0v) is 17.6. The van der Waals surface area contributed by atoms with Crippen LogP contribution in [0, 0.1) is 0 Å². The fourth-order valence-corrected chi connectivity index (χ4v) is 4.31. The van der Waals surface area contributed by atoms with E-state index in [1.165, 1.54) is 0 Å². The highest BCUT2D eigenvalue weighted by molar-refractivity contribution is 9.10. The van der Waals surface area contributed by atoms with Gasteiger partial charge in [0.15, 0.2) is 0 Å². The summed E-state index contributed by atoms with van der Waals surface area (Å²) in [5.74, 6) is 1.45. The third-order valence-corrected chi connectivity index (χ3v) is 6.12. The van der Waals surface area contributed by atoms with Gasteiger partial charge in [0.05, 0.1) is 18.7 Å². The second-order valence-corrected chi connectivity index (χ2v) is 8.33. The minimum Gasteiger partial charge on any atom is -0.419 e. The molecule has 8 heteroatoms. The summed E-state index contributed by atoms with van der Waals surface area (Å²) < 4.78 is 6.83. The van der Waals surface area contributed by atoms with Gasteiger partial charge in [-0.05, 0) is 60.4 Å². The summed E-state index contributed by atoms with van der Waals surface area (Å²) in [4.78, 5) is 19.0. The molecule has 7 nitrogen and oxygen atoms in total. The number of rotatable bonds is 5. The lowest BCUT2D eigenvalue weighted by atomic mass is 10.2. The number of hydrogen-bond acceptors (Lipinski definition) is 6. The van der Waals surface area contributed by atoms with Gasteiger partial charge in [-0.1, -0.05) is 12.1 Å². The fraction of sp³-hybridized carbons (Fsp3) is 0.550. The molecule has 1 aromatic carbocycles. The minimum absolute atomic E-state index is 0.279. The maximum Gasteiger partial charge on any atom is 0.248 e. The molecule has 0 radical (unpaired) electrons. The summed E-state index contributed by atoms with van der Waals surface area (Å²) in [5.41, 5.74) is 0.906. The van der Waals surface area contributed by atoms with E-state index in [1.54, 1.807) is 0 Å². The van der Waals surface area contributed by atoms with Crippen molar-refractivity contribution in [2.24, 2.45) is 0 Å². The van der Waals surface area contributed by atoms with Crippen molar-refractivity contribution in [1.29, 1.82) is 0 Å². The summed E-state index contributed by atoms with van der Waals surface area (Å²) >= 11 is 3.53. The lowest BCUT2D eigenvalue weighted by Crippen LogP contribution is -2.40. The second kappa shape index (κ2) is 9.15. The molecular formula is C20H26BrN5O2.